The number of likely N-dealkylation sites (N-methyl/N-ethyl adjacent to an activating group) is 1. The maximum Gasteiger partial charge on any atom is 0.0866 e. The van der Waals surface area contributed by atoms with Gasteiger partial charge < -0.3 is 10.1 Å². The van der Waals surface area contributed by atoms with Crippen LogP contribution in [0, 0.1) is 5.92 Å². The van der Waals surface area contributed by atoms with Crippen LogP contribution in [0.1, 0.15) is 53.4 Å². The minimum atomic E-state index is 0.0137. The summed E-state index contributed by atoms with van der Waals surface area (Å²) in [6.45, 7) is 9.84. The monoisotopic (exact) mass is 239 g/mol. The average Bonchev–Trinajstić information content (AvgIpc) is 2.30. The van der Waals surface area contributed by atoms with Gasteiger partial charge in [-0.3, -0.25) is 0 Å². The molecule has 1 saturated carbocycles. The molecule has 1 unspecified atom stereocenters. The van der Waals surface area contributed by atoms with E-state index in [2.05, 4.69) is 39.1 Å². The van der Waals surface area contributed by atoms with Crippen LogP contribution in [0.4, 0.5) is 0 Å². The lowest BCUT2D eigenvalue weighted by atomic mass is 9.75. The molecule has 0 saturated heterocycles. The Kier molecular flexibility index (Phi) is 5.68. The Hall–Kier alpha value is -0.340. The summed E-state index contributed by atoms with van der Waals surface area (Å²) in [5.74, 6) is 0.854. The quantitative estimate of drug-likeness (QED) is 0.741. The van der Waals surface area contributed by atoms with E-state index in [0.717, 1.165) is 12.5 Å². The molecule has 1 aliphatic carbocycles. The molecule has 1 N–H and O–H groups in total. The molecule has 2 heteroatoms. The van der Waals surface area contributed by atoms with Gasteiger partial charge in [0.2, 0.25) is 0 Å². The van der Waals surface area contributed by atoms with E-state index in [4.69, 9.17) is 4.74 Å². The van der Waals surface area contributed by atoms with E-state index in [0.29, 0.717) is 6.04 Å². The van der Waals surface area contributed by atoms with Crippen molar-refractivity contribution in [3.8, 4) is 0 Å². The lowest BCUT2D eigenvalue weighted by Gasteiger charge is -2.43. The second-order valence-corrected chi connectivity index (χ2v) is 5.73. The number of ether oxygens (including phenoxy) is 1. The van der Waals surface area contributed by atoms with E-state index in [1.807, 2.05) is 7.11 Å². The Labute approximate surface area is 107 Å². The first-order chi connectivity index (χ1) is 8.04. The Balaban J connectivity index is 2.83. The van der Waals surface area contributed by atoms with Crippen molar-refractivity contribution >= 4 is 0 Å². The zero-order valence-electron chi connectivity index (χ0n) is 12.2. The predicted molar refractivity (Wildman–Crippen MR) is 74.3 cm³/mol. The normalized spacial score (nSPS) is 31.0. The smallest absolute Gasteiger partial charge is 0.0866 e. The number of allylic oxidation sites excluding steroid dienone is 1. The third kappa shape index (κ3) is 3.82. The largest absolute Gasteiger partial charge is 0.376 e. The average molecular weight is 239 g/mol. The van der Waals surface area contributed by atoms with E-state index < -0.39 is 0 Å². The molecule has 0 aliphatic heterocycles. The van der Waals surface area contributed by atoms with Crippen molar-refractivity contribution in [3.63, 3.8) is 0 Å². The molecular formula is C15H29NO. The summed E-state index contributed by atoms with van der Waals surface area (Å²) in [5, 5.41) is 3.59. The van der Waals surface area contributed by atoms with Gasteiger partial charge in [-0.15, -0.1) is 0 Å². The summed E-state index contributed by atoms with van der Waals surface area (Å²) < 4.78 is 5.94. The standard InChI is InChI=1S/C15H29NO/c1-6-16-14(11-12(2)3)15(17-5)9-7-13(4)8-10-15/h11,13-14,16H,6-10H2,1-5H3. The fraction of sp³-hybridized carbons (Fsp3) is 0.867. The maximum absolute atomic E-state index is 5.94. The fourth-order valence-corrected chi connectivity index (χ4v) is 2.84. The SMILES string of the molecule is CCNC(C=C(C)C)C1(OC)CCC(C)CC1. The van der Waals surface area contributed by atoms with Crippen LogP contribution >= 0.6 is 0 Å². The summed E-state index contributed by atoms with van der Waals surface area (Å²) in [4.78, 5) is 0. The number of rotatable bonds is 5. The lowest BCUT2D eigenvalue weighted by molar-refractivity contribution is -0.0635. The fourth-order valence-electron chi connectivity index (χ4n) is 2.84. The van der Waals surface area contributed by atoms with E-state index in [-0.39, 0.29) is 5.60 Å². The lowest BCUT2D eigenvalue weighted by Crippen LogP contribution is -2.53. The van der Waals surface area contributed by atoms with Gasteiger partial charge in [-0.1, -0.05) is 25.5 Å². The molecule has 0 spiro atoms. The first kappa shape index (κ1) is 14.7. The van der Waals surface area contributed by atoms with Crippen LogP contribution in [0.2, 0.25) is 0 Å². The topological polar surface area (TPSA) is 21.3 Å². The molecule has 2 nitrogen and oxygen atoms in total. The van der Waals surface area contributed by atoms with E-state index >= 15 is 0 Å². The maximum atomic E-state index is 5.94. The summed E-state index contributed by atoms with van der Waals surface area (Å²) in [6.07, 6.45) is 7.25. The van der Waals surface area contributed by atoms with E-state index in [9.17, 15) is 0 Å². The molecule has 0 radical (unpaired) electrons. The molecule has 17 heavy (non-hydrogen) atoms. The van der Waals surface area contributed by atoms with Crippen molar-refractivity contribution < 1.29 is 4.74 Å². The Morgan fingerprint density at radius 1 is 1.41 bits per heavy atom. The first-order valence-corrected chi connectivity index (χ1v) is 6.97. The van der Waals surface area contributed by atoms with Crippen LogP contribution in [0.15, 0.2) is 11.6 Å². The molecule has 0 aromatic heterocycles. The highest BCUT2D eigenvalue weighted by molar-refractivity contribution is 5.10. The van der Waals surface area contributed by atoms with Gasteiger partial charge >= 0.3 is 0 Å². The zero-order valence-corrected chi connectivity index (χ0v) is 12.2. The minimum absolute atomic E-state index is 0.0137. The van der Waals surface area contributed by atoms with Crippen LogP contribution in [0.25, 0.3) is 0 Å². The highest BCUT2D eigenvalue weighted by Gasteiger charge is 2.40. The van der Waals surface area contributed by atoms with Crippen molar-refractivity contribution in [1.29, 1.82) is 0 Å². The highest BCUT2D eigenvalue weighted by Crippen LogP contribution is 2.37. The first-order valence-electron chi connectivity index (χ1n) is 6.97. The second-order valence-electron chi connectivity index (χ2n) is 5.73. The van der Waals surface area contributed by atoms with Crippen LogP contribution < -0.4 is 5.32 Å². The molecule has 1 atom stereocenters. The van der Waals surface area contributed by atoms with Crippen molar-refractivity contribution in [1.82, 2.24) is 5.32 Å². The van der Waals surface area contributed by atoms with Gasteiger partial charge in [0, 0.05) is 7.11 Å². The van der Waals surface area contributed by atoms with Gasteiger partial charge in [0.1, 0.15) is 0 Å². The Morgan fingerprint density at radius 3 is 2.41 bits per heavy atom. The van der Waals surface area contributed by atoms with Crippen molar-refractivity contribution in [2.75, 3.05) is 13.7 Å². The molecule has 0 heterocycles. The van der Waals surface area contributed by atoms with E-state index in [1.165, 1.54) is 31.3 Å². The van der Waals surface area contributed by atoms with Crippen LogP contribution in [0.3, 0.4) is 0 Å². The van der Waals surface area contributed by atoms with Crippen LogP contribution in [-0.4, -0.2) is 25.3 Å². The molecule has 0 amide bonds. The third-order valence-corrected chi connectivity index (χ3v) is 4.02. The molecule has 0 aromatic rings. The molecule has 1 rings (SSSR count). The molecular weight excluding hydrogens is 210 g/mol. The molecule has 1 aliphatic rings. The summed E-state index contributed by atoms with van der Waals surface area (Å²) in [7, 11) is 1.87. The third-order valence-electron chi connectivity index (χ3n) is 4.02. The van der Waals surface area contributed by atoms with Gasteiger partial charge in [0.25, 0.3) is 0 Å². The van der Waals surface area contributed by atoms with Crippen LogP contribution in [0.5, 0.6) is 0 Å². The van der Waals surface area contributed by atoms with Gasteiger partial charge in [-0.2, -0.15) is 0 Å². The Morgan fingerprint density at radius 2 is 2.00 bits per heavy atom. The number of nitrogens with one attached hydrogen (secondary N) is 1. The summed E-state index contributed by atoms with van der Waals surface area (Å²) in [6, 6.07) is 0.356. The number of hydrogen-bond acceptors (Lipinski definition) is 2. The second kappa shape index (κ2) is 6.55. The molecule has 0 bridgehead atoms. The molecule has 1 fully saturated rings. The molecule has 0 aromatic carbocycles. The highest BCUT2D eigenvalue weighted by atomic mass is 16.5. The minimum Gasteiger partial charge on any atom is -0.376 e. The van der Waals surface area contributed by atoms with Crippen molar-refractivity contribution in [3.05, 3.63) is 11.6 Å². The van der Waals surface area contributed by atoms with Crippen molar-refractivity contribution in [2.45, 2.75) is 65.0 Å². The number of methoxy groups -OCH3 is 1. The van der Waals surface area contributed by atoms with Gasteiger partial charge in [-0.05, 0) is 52.0 Å². The van der Waals surface area contributed by atoms with Gasteiger partial charge in [0.05, 0.1) is 11.6 Å². The van der Waals surface area contributed by atoms with E-state index in [1.54, 1.807) is 0 Å². The summed E-state index contributed by atoms with van der Waals surface area (Å²) >= 11 is 0. The zero-order chi connectivity index (χ0) is 12.9. The Bertz CT molecular complexity index is 248. The van der Waals surface area contributed by atoms with Gasteiger partial charge in [0.15, 0.2) is 0 Å². The summed E-state index contributed by atoms with van der Waals surface area (Å²) in [5.41, 5.74) is 1.38. The number of hydrogen-bond donors (Lipinski definition) is 1. The van der Waals surface area contributed by atoms with Gasteiger partial charge in [-0.25, -0.2) is 0 Å². The molecule has 100 valence electrons. The van der Waals surface area contributed by atoms with Crippen LogP contribution in [-0.2, 0) is 4.74 Å². The predicted octanol–water partition coefficient (Wildman–Crippen LogP) is 3.53. The van der Waals surface area contributed by atoms with Crippen molar-refractivity contribution in [2.24, 2.45) is 5.92 Å².